The van der Waals surface area contributed by atoms with Crippen LogP contribution >= 0.6 is 0 Å². The molecule has 1 heterocycles. The van der Waals surface area contributed by atoms with E-state index >= 15 is 0 Å². The minimum Gasteiger partial charge on any atom is -0.303 e. The molecule has 0 aromatic carbocycles. The standard InChI is InChI=1S/C11H16FN/c1-2-13-6-5-9-7-11(12)4-3-10(9)8-13/h4,7,10H,2-3,5-6,8H2,1H3. The number of rotatable bonds is 1. The number of hydrogen-bond acceptors (Lipinski definition) is 1. The van der Waals surface area contributed by atoms with Crippen LogP contribution in [-0.4, -0.2) is 24.5 Å². The molecule has 1 nitrogen and oxygen atoms in total. The van der Waals surface area contributed by atoms with Crippen molar-refractivity contribution in [3.8, 4) is 0 Å². The molecular weight excluding hydrogens is 165 g/mol. The lowest BCUT2D eigenvalue weighted by molar-refractivity contribution is 0.222. The van der Waals surface area contributed by atoms with Gasteiger partial charge in [0.1, 0.15) is 5.83 Å². The Balaban J connectivity index is 2.06. The van der Waals surface area contributed by atoms with Gasteiger partial charge in [0.25, 0.3) is 0 Å². The normalized spacial score (nSPS) is 29.2. The Hall–Kier alpha value is -0.630. The third kappa shape index (κ3) is 1.83. The van der Waals surface area contributed by atoms with E-state index in [-0.39, 0.29) is 5.83 Å². The number of likely N-dealkylation sites (tertiary alicyclic amines) is 1. The van der Waals surface area contributed by atoms with E-state index in [9.17, 15) is 4.39 Å². The van der Waals surface area contributed by atoms with Gasteiger partial charge in [-0.1, -0.05) is 12.5 Å². The lowest BCUT2D eigenvalue weighted by atomic mass is 9.85. The largest absolute Gasteiger partial charge is 0.303 e. The average molecular weight is 181 g/mol. The van der Waals surface area contributed by atoms with E-state index in [2.05, 4.69) is 11.8 Å². The first-order chi connectivity index (χ1) is 6.29. The monoisotopic (exact) mass is 181 g/mol. The van der Waals surface area contributed by atoms with Crippen LogP contribution in [0.3, 0.4) is 0 Å². The summed E-state index contributed by atoms with van der Waals surface area (Å²) in [6.07, 6.45) is 5.41. The summed E-state index contributed by atoms with van der Waals surface area (Å²) in [5, 5.41) is 0. The number of nitrogens with zero attached hydrogens (tertiary/aromatic N) is 1. The zero-order valence-corrected chi connectivity index (χ0v) is 8.09. The highest BCUT2D eigenvalue weighted by Gasteiger charge is 2.24. The minimum absolute atomic E-state index is 0.0313. The van der Waals surface area contributed by atoms with Crippen molar-refractivity contribution in [2.45, 2.75) is 19.8 Å². The maximum atomic E-state index is 12.9. The molecule has 0 amide bonds. The van der Waals surface area contributed by atoms with Crippen molar-refractivity contribution in [1.82, 2.24) is 4.90 Å². The molecule has 0 aromatic heterocycles. The molecule has 2 rings (SSSR count). The molecule has 0 N–H and O–H groups in total. The second-order valence-corrected chi connectivity index (χ2v) is 3.88. The Bertz CT molecular complexity index is 255. The molecule has 0 saturated carbocycles. The molecule has 2 aliphatic rings. The minimum atomic E-state index is -0.0313. The summed E-state index contributed by atoms with van der Waals surface area (Å²) in [6.45, 7) is 5.53. The summed E-state index contributed by atoms with van der Waals surface area (Å²) in [5.74, 6) is 0.560. The molecule has 0 spiro atoms. The van der Waals surface area contributed by atoms with Crippen molar-refractivity contribution in [2.75, 3.05) is 19.6 Å². The van der Waals surface area contributed by atoms with Gasteiger partial charge in [0.05, 0.1) is 0 Å². The quantitative estimate of drug-likeness (QED) is 0.600. The first-order valence-corrected chi connectivity index (χ1v) is 5.08. The molecule has 72 valence electrons. The van der Waals surface area contributed by atoms with Crippen molar-refractivity contribution in [1.29, 1.82) is 0 Å². The molecule has 1 aliphatic heterocycles. The van der Waals surface area contributed by atoms with Crippen LogP contribution in [0.4, 0.5) is 4.39 Å². The molecule has 0 aromatic rings. The van der Waals surface area contributed by atoms with Gasteiger partial charge in [-0.3, -0.25) is 0 Å². The van der Waals surface area contributed by atoms with Crippen LogP contribution < -0.4 is 0 Å². The van der Waals surface area contributed by atoms with Gasteiger partial charge in [-0.05, 0) is 37.5 Å². The van der Waals surface area contributed by atoms with Gasteiger partial charge in [0.2, 0.25) is 0 Å². The number of allylic oxidation sites excluding steroid dienone is 3. The first-order valence-electron chi connectivity index (χ1n) is 5.08. The van der Waals surface area contributed by atoms with Crippen LogP contribution in [-0.2, 0) is 0 Å². The fourth-order valence-corrected chi connectivity index (χ4v) is 2.21. The Labute approximate surface area is 78.9 Å². The van der Waals surface area contributed by atoms with Crippen LogP contribution in [0.15, 0.2) is 23.6 Å². The molecule has 1 saturated heterocycles. The Morgan fingerprint density at radius 1 is 1.62 bits per heavy atom. The molecular formula is C11H16FN. The fraction of sp³-hybridized carbons (Fsp3) is 0.636. The third-order valence-corrected chi connectivity index (χ3v) is 3.09. The molecule has 0 radical (unpaired) electrons. The maximum absolute atomic E-state index is 12.9. The highest BCUT2D eigenvalue weighted by Crippen LogP contribution is 2.31. The predicted octanol–water partition coefficient (Wildman–Crippen LogP) is 2.51. The summed E-state index contributed by atoms with van der Waals surface area (Å²) in [7, 11) is 0. The van der Waals surface area contributed by atoms with E-state index in [1.807, 2.05) is 0 Å². The molecule has 1 atom stereocenters. The predicted molar refractivity (Wildman–Crippen MR) is 52.1 cm³/mol. The van der Waals surface area contributed by atoms with E-state index < -0.39 is 0 Å². The third-order valence-electron chi connectivity index (χ3n) is 3.09. The Morgan fingerprint density at radius 3 is 3.23 bits per heavy atom. The van der Waals surface area contributed by atoms with Gasteiger partial charge in [-0.25, -0.2) is 4.39 Å². The van der Waals surface area contributed by atoms with E-state index in [1.165, 1.54) is 5.57 Å². The van der Waals surface area contributed by atoms with Crippen LogP contribution in [0.5, 0.6) is 0 Å². The maximum Gasteiger partial charge on any atom is 0.119 e. The van der Waals surface area contributed by atoms with Crippen LogP contribution in [0.2, 0.25) is 0 Å². The van der Waals surface area contributed by atoms with Gasteiger partial charge in [0.15, 0.2) is 0 Å². The zero-order valence-electron chi connectivity index (χ0n) is 8.09. The smallest absolute Gasteiger partial charge is 0.119 e. The summed E-state index contributed by atoms with van der Waals surface area (Å²) in [6, 6.07) is 0. The molecule has 1 unspecified atom stereocenters. The number of piperidine rings is 1. The van der Waals surface area contributed by atoms with E-state index in [4.69, 9.17) is 0 Å². The molecule has 0 bridgehead atoms. The van der Waals surface area contributed by atoms with E-state index in [0.29, 0.717) is 5.92 Å². The summed E-state index contributed by atoms with van der Waals surface area (Å²) in [4.78, 5) is 2.44. The number of halogens is 1. The second kappa shape index (κ2) is 3.62. The van der Waals surface area contributed by atoms with Crippen LogP contribution in [0.25, 0.3) is 0 Å². The number of hydrogen-bond donors (Lipinski definition) is 0. The SMILES string of the molecule is CCN1CCC2=CC(F)=CCC2C1. The van der Waals surface area contributed by atoms with E-state index in [1.54, 1.807) is 12.2 Å². The summed E-state index contributed by atoms with van der Waals surface area (Å²) < 4.78 is 12.9. The lowest BCUT2D eigenvalue weighted by Gasteiger charge is -2.34. The second-order valence-electron chi connectivity index (χ2n) is 3.88. The van der Waals surface area contributed by atoms with Crippen molar-refractivity contribution >= 4 is 0 Å². The summed E-state index contributed by atoms with van der Waals surface area (Å²) >= 11 is 0. The van der Waals surface area contributed by atoms with Crippen LogP contribution in [0, 0.1) is 5.92 Å². The lowest BCUT2D eigenvalue weighted by Crippen LogP contribution is -2.36. The van der Waals surface area contributed by atoms with Crippen molar-refractivity contribution in [2.24, 2.45) is 5.92 Å². The molecule has 13 heavy (non-hydrogen) atoms. The van der Waals surface area contributed by atoms with Gasteiger partial charge in [-0.2, -0.15) is 0 Å². The highest BCUT2D eigenvalue weighted by atomic mass is 19.1. The first kappa shape index (κ1) is 8.95. The fourth-order valence-electron chi connectivity index (χ4n) is 2.21. The van der Waals surface area contributed by atoms with E-state index in [0.717, 1.165) is 32.5 Å². The molecule has 1 fully saturated rings. The van der Waals surface area contributed by atoms with Gasteiger partial charge in [-0.15, -0.1) is 0 Å². The van der Waals surface area contributed by atoms with Crippen LogP contribution in [0.1, 0.15) is 19.8 Å². The molecule has 1 aliphatic carbocycles. The molecule has 2 heteroatoms. The van der Waals surface area contributed by atoms with Crippen molar-refractivity contribution in [3.05, 3.63) is 23.6 Å². The zero-order chi connectivity index (χ0) is 9.26. The van der Waals surface area contributed by atoms with Crippen molar-refractivity contribution in [3.63, 3.8) is 0 Å². The average Bonchev–Trinajstić information content (AvgIpc) is 2.17. The topological polar surface area (TPSA) is 3.24 Å². The Kier molecular flexibility index (Phi) is 2.49. The Morgan fingerprint density at radius 2 is 2.46 bits per heavy atom. The van der Waals surface area contributed by atoms with Gasteiger partial charge in [0, 0.05) is 13.1 Å². The van der Waals surface area contributed by atoms with Gasteiger partial charge >= 0.3 is 0 Å². The highest BCUT2D eigenvalue weighted by molar-refractivity contribution is 5.27. The summed E-state index contributed by atoms with van der Waals surface area (Å²) in [5.41, 5.74) is 1.32. The van der Waals surface area contributed by atoms with Gasteiger partial charge < -0.3 is 4.90 Å². The number of fused-ring (bicyclic) bond motifs is 1. The van der Waals surface area contributed by atoms with Crippen molar-refractivity contribution < 1.29 is 4.39 Å².